The van der Waals surface area contributed by atoms with Gasteiger partial charge in [0.2, 0.25) is 11.8 Å². The molecule has 0 aromatic carbocycles. The second-order valence-electron chi connectivity index (χ2n) is 8.26. The number of guanidine groups is 1. The number of halogens is 1. The Hall–Kier alpha value is -1.10. The molecule has 0 unspecified atom stereocenters. The molecule has 2 aliphatic rings. The minimum Gasteiger partial charge on any atom is -0.357 e. The van der Waals surface area contributed by atoms with Gasteiger partial charge in [0.15, 0.2) is 5.96 Å². The highest BCUT2D eigenvalue weighted by Crippen LogP contribution is 2.16. The molecule has 0 atom stereocenters. The van der Waals surface area contributed by atoms with Crippen molar-refractivity contribution >= 4 is 41.8 Å². The third-order valence-corrected chi connectivity index (χ3v) is 5.40. The van der Waals surface area contributed by atoms with Gasteiger partial charge in [0.25, 0.3) is 0 Å². The maximum atomic E-state index is 12.4. The van der Waals surface area contributed by atoms with E-state index in [1.807, 2.05) is 25.7 Å². The fourth-order valence-corrected chi connectivity index (χ4v) is 3.55. The molecule has 2 rings (SSSR count). The fraction of sp³-hybridized carbons (Fsp3) is 0.850. The third-order valence-electron chi connectivity index (χ3n) is 5.40. The summed E-state index contributed by atoms with van der Waals surface area (Å²) < 4.78 is 0. The summed E-state index contributed by atoms with van der Waals surface area (Å²) in [5.41, 5.74) is -0.541. The van der Waals surface area contributed by atoms with Crippen LogP contribution < -0.4 is 10.6 Å². The van der Waals surface area contributed by atoms with E-state index in [-0.39, 0.29) is 35.8 Å². The molecule has 8 nitrogen and oxygen atoms in total. The summed E-state index contributed by atoms with van der Waals surface area (Å²) in [6.45, 7) is 15.4. The van der Waals surface area contributed by atoms with Crippen LogP contribution in [-0.4, -0.2) is 97.9 Å². The zero-order valence-corrected chi connectivity index (χ0v) is 20.8. The summed E-state index contributed by atoms with van der Waals surface area (Å²) in [6, 6.07) is 0. The predicted molar refractivity (Wildman–Crippen MR) is 128 cm³/mol. The fourth-order valence-electron chi connectivity index (χ4n) is 3.55. The van der Waals surface area contributed by atoms with Crippen LogP contribution in [0, 0.1) is 5.41 Å². The molecule has 0 radical (unpaired) electrons. The summed E-state index contributed by atoms with van der Waals surface area (Å²) >= 11 is 0. The predicted octanol–water partition coefficient (Wildman–Crippen LogP) is 0.972. The van der Waals surface area contributed by atoms with Crippen LogP contribution in [0.25, 0.3) is 0 Å². The third kappa shape index (κ3) is 7.92. The highest BCUT2D eigenvalue weighted by molar-refractivity contribution is 14.0. The number of nitrogens with zero attached hydrogens (tertiary/aromatic N) is 4. The minimum atomic E-state index is -0.541. The number of hydrogen-bond donors (Lipinski definition) is 2. The van der Waals surface area contributed by atoms with E-state index in [2.05, 4.69) is 27.4 Å². The second kappa shape index (κ2) is 12.6. The molecule has 2 fully saturated rings. The number of rotatable bonds is 7. The summed E-state index contributed by atoms with van der Waals surface area (Å²) in [7, 11) is 0. The molecule has 0 aromatic rings. The van der Waals surface area contributed by atoms with Gasteiger partial charge >= 0.3 is 0 Å². The van der Waals surface area contributed by atoms with Crippen LogP contribution in [0.4, 0.5) is 0 Å². The summed E-state index contributed by atoms with van der Waals surface area (Å²) in [4.78, 5) is 35.8. The quantitative estimate of drug-likeness (QED) is 0.296. The van der Waals surface area contributed by atoms with Gasteiger partial charge in [0, 0.05) is 52.4 Å². The zero-order valence-electron chi connectivity index (χ0n) is 18.5. The van der Waals surface area contributed by atoms with Crippen molar-refractivity contribution in [2.45, 2.75) is 40.5 Å². The maximum Gasteiger partial charge on any atom is 0.236 e. The van der Waals surface area contributed by atoms with Crippen LogP contribution in [0.2, 0.25) is 0 Å². The summed E-state index contributed by atoms with van der Waals surface area (Å²) in [5, 5.41) is 6.23. The molecule has 2 saturated heterocycles. The molecule has 0 spiro atoms. The Morgan fingerprint density at radius 3 is 2.03 bits per heavy atom. The van der Waals surface area contributed by atoms with Crippen LogP contribution in [0.1, 0.15) is 40.5 Å². The molecule has 2 aliphatic heterocycles. The molecule has 168 valence electrons. The van der Waals surface area contributed by atoms with E-state index in [9.17, 15) is 9.59 Å². The van der Waals surface area contributed by atoms with Crippen molar-refractivity contribution < 1.29 is 9.59 Å². The number of hydrogen-bond acceptors (Lipinski definition) is 4. The molecule has 2 amide bonds. The van der Waals surface area contributed by atoms with Crippen LogP contribution >= 0.6 is 24.0 Å². The Labute approximate surface area is 192 Å². The van der Waals surface area contributed by atoms with Crippen molar-refractivity contribution in [2.24, 2.45) is 10.4 Å². The Morgan fingerprint density at radius 1 is 0.897 bits per heavy atom. The van der Waals surface area contributed by atoms with Crippen LogP contribution in [0.5, 0.6) is 0 Å². The van der Waals surface area contributed by atoms with Gasteiger partial charge in [0.05, 0.1) is 18.5 Å². The highest BCUT2D eigenvalue weighted by Gasteiger charge is 2.28. The number of aliphatic imine (C=N–C) groups is 1. The summed E-state index contributed by atoms with van der Waals surface area (Å²) in [5.74, 6) is 1.14. The van der Waals surface area contributed by atoms with Gasteiger partial charge in [0.1, 0.15) is 0 Å². The van der Waals surface area contributed by atoms with E-state index in [1.165, 1.54) is 0 Å². The van der Waals surface area contributed by atoms with Gasteiger partial charge in [-0.25, -0.2) is 0 Å². The van der Waals surface area contributed by atoms with Gasteiger partial charge in [-0.1, -0.05) is 0 Å². The molecule has 9 heteroatoms. The average molecular weight is 522 g/mol. The molecule has 0 bridgehead atoms. The lowest BCUT2D eigenvalue weighted by atomic mass is 9.92. The Morgan fingerprint density at radius 2 is 1.48 bits per heavy atom. The molecule has 2 N–H and O–H groups in total. The van der Waals surface area contributed by atoms with Gasteiger partial charge in [-0.05, 0) is 40.5 Å². The van der Waals surface area contributed by atoms with E-state index in [4.69, 9.17) is 4.99 Å². The van der Waals surface area contributed by atoms with Crippen molar-refractivity contribution in [1.82, 2.24) is 25.3 Å². The standard InChI is InChI=1S/C20H38N6O2.HI/c1-5-21-18(28)20(3,4)16-23-19(22-6-2)26-13-11-24(12-14-26)15-17(27)25-9-7-8-10-25;/h5-16H2,1-4H3,(H,21,28)(H,22,23);1H. The topological polar surface area (TPSA) is 80.3 Å². The van der Waals surface area contributed by atoms with Crippen molar-refractivity contribution in [3.63, 3.8) is 0 Å². The Kier molecular flexibility index (Phi) is 11.2. The minimum absolute atomic E-state index is 0. The SMILES string of the molecule is CCNC(=O)C(C)(C)CN=C(NCC)N1CCN(CC(=O)N2CCCC2)CC1.I. The molecule has 0 aliphatic carbocycles. The Balaban J connectivity index is 0.00000420. The van der Waals surface area contributed by atoms with E-state index in [0.717, 1.165) is 64.6 Å². The number of carbonyl (C=O) groups is 2. The number of amides is 2. The number of carbonyl (C=O) groups excluding carboxylic acids is 2. The van der Waals surface area contributed by atoms with Gasteiger partial charge < -0.3 is 20.4 Å². The van der Waals surface area contributed by atoms with Gasteiger partial charge in [-0.15, -0.1) is 24.0 Å². The van der Waals surface area contributed by atoms with Crippen molar-refractivity contribution in [3.05, 3.63) is 0 Å². The van der Waals surface area contributed by atoms with Crippen molar-refractivity contribution in [2.75, 3.05) is 65.4 Å². The number of likely N-dealkylation sites (tertiary alicyclic amines) is 1. The van der Waals surface area contributed by atoms with Crippen molar-refractivity contribution in [3.8, 4) is 0 Å². The van der Waals surface area contributed by atoms with E-state index < -0.39 is 5.41 Å². The van der Waals surface area contributed by atoms with Gasteiger partial charge in [-0.3, -0.25) is 19.5 Å². The van der Waals surface area contributed by atoms with E-state index in [0.29, 0.717) is 19.6 Å². The first-order chi connectivity index (χ1) is 13.4. The lowest BCUT2D eigenvalue weighted by Crippen LogP contribution is -2.54. The second-order valence-corrected chi connectivity index (χ2v) is 8.26. The maximum absolute atomic E-state index is 12.4. The molecular weight excluding hydrogens is 483 g/mol. The average Bonchev–Trinajstić information content (AvgIpc) is 3.21. The first kappa shape index (κ1) is 25.9. The van der Waals surface area contributed by atoms with Crippen LogP contribution in [0.15, 0.2) is 4.99 Å². The molecule has 0 saturated carbocycles. The first-order valence-corrected chi connectivity index (χ1v) is 10.7. The molecule has 2 heterocycles. The monoisotopic (exact) mass is 522 g/mol. The molecule has 0 aromatic heterocycles. The smallest absolute Gasteiger partial charge is 0.236 e. The number of nitrogens with one attached hydrogen (secondary N) is 2. The zero-order chi connectivity index (χ0) is 20.6. The van der Waals surface area contributed by atoms with E-state index >= 15 is 0 Å². The van der Waals surface area contributed by atoms with Gasteiger partial charge in [-0.2, -0.15) is 0 Å². The largest absolute Gasteiger partial charge is 0.357 e. The summed E-state index contributed by atoms with van der Waals surface area (Å²) in [6.07, 6.45) is 2.27. The highest BCUT2D eigenvalue weighted by atomic mass is 127. The molecular formula is C20H39IN6O2. The van der Waals surface area contributed by atoms with Crippen LogP contribution in [-0.2, 0) is 9.59 Å². The van der Waals surface area contributed by atoms with Crippen molar-refractivity contribution in [1.29, 1.82) is 0 Å². The number of piperazine rings is 1. The van der Waals surface area contributed by atoms with E-state index in [1.54, 1.807) is 0 Å². The lowest BCUT2D eigenvalue weighted by Gasteiger charge is -2.37. The normalized spacial score (nSPS) is 18.4. The lowest BCUT2D eigenvalue weighted by molar-refractivity contribution is -0.131. The van der Waals surface area contributed by atoms with Crippen LogP contribution in [0.3, 0.4) is 0 Å². The molecule has 29 heavy (non-hydrogen) atoms. The first-order valence-electron chi connectivity index (χ1n) is 10.7. The Bertz CT molecular complexity index is 555.